The summed E-state index contributed by atoms with van der Waals surface area (Å²) in [6.45, 7) is 16.8. The maximum absolute atomic E-state index is 16.6. The number of imidazole rings is 1. The van der Waals surface area contributed by atoms with Crippen LogP contribution in [0.5, 0.6) is 5.75 Å². The number of benzene rings is 2. The Bertz CT molecular complexity index is 2600. The lowest BCUT2D eigenvalue weighted by Crippen LogP contribution is -2.48. The highest BCUT2D eigenvalue weighted by Crippen LogP contribution is 2.48. The van der Waals surface area contributed by atoms with Gasteiger partial charge in [0, 0.05) is 67.9 Å². The van der Waals surface area contributed by atoms with E-state index in [2.05, 4.69) is 96.3 Å². The summed E-state index contributed by atoms with van der Waals surface area (Å²) in [6, 6.07) is 13.2. The van der Waals surface area contributed by atoms with Crippen LogP contribution in [0.15, 0.2) is 59.9 Å². The predicted molar refractivity (Wildman–Crippen MR) is 280 cm³/mol. The van der Waals surface area contributed by atoms with E-state index in [-0.39, 0.29) is 23.7 Å². The smallest absolute Gasteiger partial charge is 0.404 e. The number of aliphatic imine (C=N–C) groups is 1. The number of thiophene rings is 1. The summed E-state index contributed by atoms with van der Waals surface area (Å²) >= 11 is 1.79. The van der Waals surface area contributed by atoms with Crippen molar-refractivity contribution in [2.45, 2.75) is 97.9 Å². The summed E-state index contributed by atoms with van der Waals surface area (Å²) < 4.78 is 33.8. The number of amides is 3. The van der Waals surface area contributed by atoms with Crippen LogP contribution in [0.4, 0.5) is 9.18 Å². The number of aldehydes is 1. The van der Waals surface area contributed by atoms with Gasteiger partial charge in [-0.15, -0.1) is 11.3 Å². The molecule has 3 aromatic heterocycles. The molecule has 3 atom stereocenters. The van der Waals surface area contributed by atoms with Gasteiger partial charge in [0.05, 0.1) is 52.4 Å². The fourth-order valence-corrected chi connectivity index (χ4v) is 10.2. The summed E-state index contributed by atoms with van der Waals surface area (Å²) in [6.07, 6.45) is 10.5. The number of nitrogens with one attached hydrogen (secondary N) is 3. The minimum Gasteiger partial charge on any atom is -0.464 e. The van der Waals surface area contributed by atoms with Gasteiger partial charge in [0.15, 0.2) is 0 Å². The highest BCUT2D eigenvalue weighted by Gasteiger charge is 2.37. The van der Waals surface area contributed by atoms with E-state index in [0.29, 0.717) is 60.2 Å². The zero-order valence-electron chi connectivity index (χ0n) is 42.7. The summed E-state index contributed by atoms with van der Waals surface area (Å²) in [5.74, 6) is 1.21. The van der Waals surface area contributed by atoms with E-state index in [9.17, 15) is 19.2 Å². The molecule has 3 unspecified atom stereocenters. The lowest BCUT2D eigenvalue weighted by atomic mass is 10.0. The van der Waals surface area contributed by atoms with Gasteiger partial charge in [-0.1, -0.05) is 40.7 Å². The molecule has 18 heteroatoms. The van der Waals surface area contributed by atoms with Crippen molar-refractivity contribution in [2.75, 3.05) is 54.6 Å². The molecular weight excluding hydrogens is 926 g/mol. The van der Waals surface area contributed by atoms with Gasteiger partial charge >= 0.3 is 6.09 Å². The first-order valence-electron chi connectivity index (χ1n) is 24.2. The first-order valence-corrected chi connectivity index (χ1v) is 25.0. The van der Waals surface area contributed by atoms with Crippen molar-refractivity contribution in [3.8, 4) is 28.3 Å². The van der Waals surface area contributed by atoms with Crippen LogP contribution in [-0.2, 0) is 36.7 Å². The van der Waals surface area contributed by atoms with Crippen molar-refractivity contribution in [3.05, 3.63) is 87.4 Å². The van der Waals surface area contributed by atoms with E-state index in [0.717, 1.165) is 84.2 Å². The molecule has 3 amide bonds. The minimum absolute atomic E-state index is 0.0437. The number of aryl methyl sites for hydroxylation is 2. The Hall–Kier alpha value is -6.37. The number of fused-ring (bicyclic) bond motifs is 6. The number of carbonyl (C=O) groups excluding carboxylic acids is 4. The van der Waals surface area contributed by atoms with Gasteiger partial charge in [-0.2, -0.15) is 0 Å². The molecule has 1 fully saturated rings. The molecule has 16 nitrogen and oxygen atoms in total. The molecule has 3 aliphatic rings. The number of ether oxygens (including phenoxy) is 3. The summed E-state index contributed by atoms with van der Waals surface area (Å²) in [5.41, 5.74) is 11.0. The van der Waals surface area contributed by atoms with E-state index in [4.69, 9.17) is 9.72 Å². The average Bonchev–Trinajstić information content (AvgIpc) is 4.19. The van der Waals surface area contributed by atoms with Gasteiger partial charge in [-0.25, -0.2) is 14.2 Å². The molecule has 1 aliphatic carbocycles. The molecule has 1 saturated heterocycles. The molecule has 5 heterocycles. The Morgan fingerprint density at radius 2 is 1.85 bits per heavy atom. The zero-order valence-corrected chi connectivity index (χ0v) is 43.5. The number of hydrogen-bond acceptors (Lipinski definition) is 12. The third-order valence-corrected chi connectivity index (χ3v) is 13.6. The maximum Gasteiger partial charge on any atom is 0.404 e. The minimum atomic E-state index is -0.745. The van der Waals surface area contributed by atoms with E-state index < -0.39 is 18.4 Å². The number of aromatic amines is 1. The SMILES string of the molecule is C=N/C=C(\NCCN(C)CCC)c1cc(F)c2c(c1)OC(c1cc3c(s1)CCC3)n1c-2cc2cc(-c3cnc(C4CCCN4C(=O)C(NC=O)C(C)C)[nH]3)ccc21.CC(C)CC=O.COC.COC(N)=O. The van der Waals surface area contributed by atoms with Crippen LogP contribution >= 0.6 is 11.3 Å². The number of nitrogens with two attached hydrogens (primary N) is 1. The highest BCUT2D eigenvalue weighted by molar-refractivity contribution is 7.12. The Morgan fingerprint density at radius 1 is 1.10 bits per heavy atom. The number of H-pyrrole nitrogens is 1. The molecule has 5 N–H and O–H groups in total. The molecule has 2 aromatic carbocycles. The monoisotopic (exact) mass is 998 g/mol. The number of carbonyl (C=O) groups is 4. The van der Waals surface area contributed by atoms with Gasteiger partial charge in [0.1, 0.15) is 29.7 Å². The summed E-state index contributed by atoms with van der Waals surface area (Å²) in [7, 11) is 6.57. The van der Waals surface area contributed by atoms with Crippen molar-refractivity contribution in [1.82, 2.24) is 35.0 Å². The first-order chi connectivity index (χ1) is 34.1. The molecular formula is C53H72FN9O7S. The number of aromatic nitrogens is 3. The third kappa shape index (κ3) is 13.9. The van der Waals surface area contributed by atoms with Crippen LogP contribution in [0.1, 0.15) is 106 Å². The van der Waals surface area contributed by atoms with Gasteiger partial charge < -0.3 is 50.2 Å². The zero-order chi connectivity index (χ0) is 51.8. The lowest BCUT2D eigenvalue weighted by molar-refractivity contribution is -0.137. The van der Waals surface area contributed by atoms with Crippen molar-refractivity contribution in [1.29, 1.82) is 0 Å². The second-order valence-corrected chi connectivity index (χ2v) is 19.7. The molecule has 0 bridgehead atoms. The van der Waals surface area contributed by atoms with Gasteiger partial charge in [-0.3, -0.25) is 19.1 Å². The predicted octanol–water partition coefficient (Wildman–Crippen LogP) is 8.90. The number of halogens is 1. The Kier molecular flexibility index (Phi) is 20.9. The Labute approximate surface area is 421 Å². The number of hydrogen-bond donors (Lipinski definition) is 4. The summed E-state index contributed by atoms with van der Waals surface area (Å²) in [4.78, 5) is 62.7. The van der Waals surface area contributed by atoms with Crippen molar-refractivity contribution < 1.29 is 37.8 Å². The van der Waals surface area contributed by atoms with E-state index in [1.54, 1.807) is 37.8 Å². The number of nitrogens with zero attached hydrogens (tertiary/aromatic N) is 5. The van der Waals surface area contributed by atoms with Crippen LogP contribution < -0.4 is 21.1 Å². The van der Waals surface area contributed by atoms with Gasteiger partial charge in [0.2, 0.25) is 18.5 Å². The molecule has 5 aromatic rings. The van der Waals surface area contributed by atoms with Crippen LogP contribution in [0.25, 0.3) is 39.1 Å². The molecule has 0 radical (unpaired) electrons. The molecule has 2 aliphatic heterocycles. The lowest BCUT2D eigenvalue weighted by Gasteiger charge is -2.30. The molecule has 384 valence electrons. The third-order valence-electron chi connectivity index (χ3n) is 12.3. The second kappa shape index (κ2) is 26.7. The van der Waals surface area contributed by atoms with Crippen LogP contribution in [0.3, 0.4) is 0 Å². The van der Waals surface area contributed by atoms with Crippen LogP contribution in [0, 0.1) is 17.7 Å². The van der Waals surface area contributed by atoms with E-state index >= 15 is 4.39 Å². The van der Waals surface area contributed by atoms with E-state index in [1.807, 2.05) is 44.9 Å². The Morgan fingerprint density at radius 3 is 2.46 bits per heavy atom. The standard InChI is InChI=1S/C44H51FN8O3S.C5H10O.C2H5NO2.C2H6O/c1-6-15-51(5)17-14-47-32(23-46-4)29-19-31(45)40-36-20-30-18-27(33-24-48-42(50-33)35-10-8-16-52(35)43(55)41(26(2)3)49-25-54)12-13-34(30)53(36)44(56-37(40)21-29)39-22-28-9-7-11-38(28)57-39;1-5(2)3-4-6;1-5-2(3)4;1-3-2/h12-13,18-26,35,41,44,47H,4,6-11,14-17H2,1-3,5H3,(H,48,50)(H,49,54);4-5H,3H2,1-2H3;1H3,(H2,3,4);1-2H3/b32-23-;;;. The van der Waals surface area contributed by atoms with E-state index in [1.165, 1.54) is 24.0 Å². The second-order valence-electron chi connectivity index (χ2n) is 18.5. The number of likely N-dealkylation sites (tertiary alicyclic amines) is 1. The molecule has 71 heavy (non-hydrogen) atoms. The van der Waals surface area contributed by atoms with Gasteiger partial charge in [-0.05, 0) is 113 Å². The van der Waals surface area contributed by atoms with Crippen molar-refractivity contribution >= 4 is 59.4 Å². The summed E-state index contributed by atoms with van der Waals surface area (Å²) in [5, 5.41) is 7.10. The van der Waals surface area contributed by atoms with Gasteiger partial charge in [0.25, 0.3) is 0 Å². The number of primary amides is 1. The van der Waals surface area contributed by atoms with Crippen LogP contribution in [0.2, 0.25) is 0 Å². The van der Waals surface area contributed by atoms with Crippen molar-refractivity contribution in [3.63, 3.8) is 0 Å². The number of rotatable bonds is 17. The average molecular weight is 998 g/mol. The topological polar surface area (TPSA) is 198 Å². The number of likely N-dealkylation sites (N-methyl/N-ethyl adjacent to an activating group) is 1. The number of methoxy groups -OCH3 is 2. The quantitative estimate of drug-likeness (QED) is 0.0516. The fourth-order valence-electron chi connectivity index (χ4n) is 8.91. The molecule has 0 saturated carbocycles. The first kappa shape index (κ1) is 55.6. The molecule has 8 rings (SSSR count). The maximum atomic E-state index is 16.6. The fraction of sp³-hybridized carbons (Fsp3) is 0.472. The Balaban J connectivity index is 0.000000592. The largest absolute Gasteiger partial charge is 0.464 e. The van der Waals surface area contributed by atoms with Crippen molar-refractivity contribution in [2.24, 2.45) is 22.6 Å². The molecule has 0 spiro atoms. The highest BCUT2D eigenvalue weighted by atomic mass is 32.1. The van der Waals surface area contributed by atoms with Crippen LogP contribution in [-0.4, -0.2) is 116 Å². The normalized spacial score (nSPS) is 16.0.